The van der Waals surface area contributed by atoms with Gasteiger partial charge in [0.1, 0.15) is 6.54 Å². The predicted molar refractivity (Wildman–Crippen MR) is 124 cm³/mol. The maximum absolute atomic E-state index is 13.5. The molecule has 30 heavy (non-hydrogen) atoms. The third-order valence-electron chi connectivity index (χ3n) is 7.16. The molecular weight excluding hydrogens is 390 g/mol. The number of rotatable bonds is 3. The molecule has 1 saturated carbocycles. The van der Waals surface area contributed by atoms with E-state index in [2.05, 4.69) is 36.4 Å². The number of hydrogen-bond donors (Lipinski definition) is 0. The first kappa shape index (κ1) is 19.5. The van der Waals surface area contributed by atoms with Crippen LogP contribution in [-0.2, 0) is 15.4 Å². The van der Waals surface area contributed by atoms with Crippen molar-refractivity contribution in [3.63, 3.8) is 0 Å². The molecule has 1 heterocycles. The van der Waals surface area contributed by atoms with E-state index < -0.39 is 10.0 Å². The molecule has 4 heteroatoms. The number of hydrogen-bond acceptors (Lipinski definition) is 2. The minimum Gasteiger partial charge on any atom is -0.173 e. The molecule has 1 aliphatic carbocycles. The SMILES string of the molecule is CS(=O)(=O)[N@@+]1(c2ccc(-c3ccccc3)cc2)CC2(CCCCC2)c2ccccc21. The Bertz CT molecular complexity index is 1160. The molecule has 0 aromatic heterocycles. The Morgan fingerprint density at radius 1 is 0.733 bits per heavy atom. The number of sulfonamides is 1. The summed E-state index contributed by atoms with van der Waals surface area (Å²) in [6.07, 6.45) is 7.13. The fourth-order valence-electron chi connectivity index (χ4n) is 5.73. The lowest BCUT2D eigenvalue weighted by Gasteiger charge is -2.36. The highest BCUT2D eigenvalue weighted by atomic mass is 32.2. The fourth-order valence-corrected chi connectivity index (χ4v) is 7.24. The summed E-state index contributed by atoms with van der Waals surface area (Å²) in [5.74, 6) is 0. The van der Waals surface area contributed by atoms with Crippen molar-refractivity contribution in [1.29, 1.82) is 0 Å². The highest BCUT2D eigenvalue weighted by Crippen LogP contribution is 2.56. The van der Waals surface area contributed by atoms with Crippen LogP contribution in [0.2, 0.25) is 0 Å². The van der Waals surface area contributed by atoms with E-state index in [0.717, 1.165) is 35.3 Å². The molecule has 0 N–H and O–H groups in total. The zero-order valence-electron chi connectivity index (χ0n) is 17.4. The lowest BCUT2D eigenvalue weighted by Crippen LogP contribution is -2.51. The van der Waals surface area contributed by atoms with Crippen molar-refractivity contribution in [1.82, 2.24) is 3.89 Å². The van der Waals surface area contributed by atoms with Crippen LogP contribution in [0.15, 0.2) is 78.9 Å². The number of benzene rings is 3. The second-order valence-electron chi connectivity index (χ2n) is 8.90. The van der Waals surface area contributed by atoms with Gasteiger partial charge in [-0.1, -0.05) is 67.8 Å². The average molecular weight is 419 g/mol. The van der Waals surface area contributed by atoms with E-state index in [1.54, 1.807) is 0 Å². The van der Waals surface area contributed by atoms with Gasteiger partial charge in [-0.3, -0.25) is 0 Å². The first-order valence-electron chi connectivity index (χ1n) is 10.8. The van der Waals surface area contributed by atoms with E-state index in [-0.39, 0.29) is 9.30 Å². The predicted octanol–water partition coefficient (Wildman–Crippen LogP) is 6.17. The molecule has 1 fully saturated rings. The van der Waals surface area contributed by atoms with Gasteiger partial charge in [0.25, 0.3) is 0 Å². The van der Waals surface area contributed by atoms with Crippen LogP contribution in [0.4, 0.5) is 11.4 Å². The van der Waals surface area contributed by atoms with Gasteiger partial charge in [0, 0.05) is 23.8 Å². The van der Waals surface area contributed by atoms with Crippen LogP contribution in [0.25, 0.3) is 11.1 Å². The van der Waals surface area contributed by atoms with E-state index in [4.69, 9.17) is 0 Å². The van der Waals surface area contributed by atoms with Gasteiger partial charge in [0.05, 0.1) is 11.7 Å². The van der Waals surface area contributed by atoms with Gasteiger partial charge < -0.3 is 0 Å². The van der Waals surface area contributed by atoms with Crippen molar-refractivity contribution in [3.05, 3.63) is 84.4 Å². The van der Waals surface area contributed by atoms with Crippen LogP contribution >= 0.6 is 0 Å². The van der Waals surface area contributed by atoms with E-state index in [0.29, 0.717) is 6.54 Å². The summed E-state index contributed by atoms with van der Waals surface area (Å²) < 4.78 is 26.9. The van der Waals surface area contributed by atoms with Gasteiger partial charge in [-0.2, -0.15) is 12.3 Å². The van der Waals surface area contributed by atoms with Gasteiger partial charge in [-0.25, -0.2) is 0 Å². The highest BCUT2D eigenvalue weighted by Gasteiger charge is 2.59. The van der Waals surface area contributed by atoms with Gasteiger partial charge in [-0.05, 0) is 36.1 Å². The van der Waals surface area contributed by atoms with E-state index in [1.807, 2.05) is 42.5 Å². The summed E-state index contributed by atoms with van der Waals surface area (Å²) in [7, 11) is -3.45. The number of nitrogens with zero attached hydrogens (tertiary/aromatic N) is 1. The number of fused-ring (bicyclic) bond motifs is 2. The smallest absolute Gasteiger partial charge is 0.173 e. The average Bonchev–Trinajstić information content (AvgIpc) is 3.06. The van der Waals surface area contributed by atoms with Crippen molar-refractivity contribution in [2.24, 2.45) is 0 Å². The molecule has 1 aliphatic heterocycles. The Labute approximate surface area is 179 Å². The van der Waals surface area contributed by atoms with Gasteiger partial charge in [-0.15, -0.1) is 0 Å². The second kappa shape index (κ2) is 7.07. The molecular formula is C26H28NO2S+. The van der Waals surface area contributed by atoms with Gasteiger partial charge in [0.2, 0.25) is 0 Å². The summed E-state index contributed by atoms with van der Waals surface area (Å²) in [6, 6.07) is 26.6. The van der Waals surface area contributed by atoms with Crippen LogP contribution in [0.1, 0.15) is 37.7 Å². The third kappa shape index (κ3) is 2.85. The Morgan fingerprint density at radius 3 is 2.00 bits per heavy atom. The van der Waals surface area contributed by atoms with Crippen molar-refractivity contribution in [2.75, 3.05) is 12.8 Å². The fraction of sp³-hybridized carbons (Fsp3) is 0.308. The van der Waals surface area contributed by atoms with Crippen molar-refractivity contribution >= 4 is 21.4 Å². The number of quaternary nitrogens is 1. The Morgan fingerprint density at radius 2 is 1.33 bits per heavy atom. The standard InChI is InChI=1S/C26H28NO2S/c1-30(28,29)27(23-16-14-22(15-17-23)21-10-4-2-5-11-21)20-26(18-8-3-9-19-26)24-12-6-7-13-25(24)27/h2,4-7,10-17H,3,8-9,18-20H2,1H3/q+1/t27-/m1/s1. The lowest BCUT2D eigenvalue weighted by atomic mass is 9.71. The van der Waals surface area contributed by atoms with Crippen molar-refractivity contribution in [3.8, 4) is 11.1 Å². The molecule has 3 aromatic rings. The van der Waals surface area contributed by atoms with Crippen LogP contribution in [0, 0.1) is 0 Å². The molecule has 154 valence electrons. The maximum atomic E-state index is 13.5. The van der Waals surface area contributed by atoms with Gasteiger partial charge in [0.15, 0.2) is 11.4 Å². The molecule has 1 atom stereocenters. The number of para-hydroxylation sites is 1. The summed E-state index contributed by atoms with van der Waals surface area (Å²) in [4.78, 5) is 0. The van der Waals surface area contributed by atoms with E-state index in [1.165, 1.54) is 31.1 Å². The van der Waals surface area contributed by atoms with E-state index >= 15 is 0 Å². The molecule has 5 rings (SSSR count). The molecule has 0 bridgehead atoms. The normalized spacial score (nSPS) is 22.7. The van der Waals surface area contributed by atoms with E-state index in [9.17, 15) is 8.42 Å². The monoisotopic (exact) mass is 418 g/mol. The molecule has 3 nitrogen and oxygen atoms in total. The quantitative estimate of drug-likeness (QED) is 0.477. The lowest BCUT2D eigenvalue weighted by molar-refractivity contribution is 0.284. The Hall–Kier alpha value is -2.43. The van der Waals surface area contributed by atoms with Crippen LogP contribution in [-0.4, -0.2) is 21.2 Å². The molecule has 2 aliphatic rings. The first-order valence-corrected chi connectivity index (χ1v) is 12.7. The molecule has 3 aromatic carbocycles. The topological polar surface area (TPSA) is 34.1 Å². The highest BCUT2D eigenvalue weighted by molar-refractivity contribution is 7.90. The van der Waals surface area contributed by atoms with Crippen molar-refractivity contribution in [2.45, 2.75) is 37.5 Å². The van der Waals surface area contributed by atoms with Crippen LogP contribution in [0.5, 0.6) is 0 Å². The zero-order valence-corrected chi connectivity index (χ0v) is 18.2. The Kier molecular flexibility index (Phi) is 4.60. The molecule has 1 spiro atoms. The molecule has 0 unspecified atom stereocenters. The largest absolute Gasteiger partial charge is 0.303 e. The van der Waals surface area contributed by atoms with Crippen molar-refractivity contribution < 1.29 is 8.42 Å². The summed E-state index contributed by atoms with van der Waals surface area (Å²) in [5.41, 5.74) is 5.21. The maximum Gasteiger partial charge on any atom is 0.303 e. The van der Waals surface area contributed by atoms with Crippen LogP contribution < -0.4 is 3.89 Å². The Balaban J connectivity index is 1.69. The zero-order chi connectivity index (χ0) is 20.8. The van der Waals surface area contributed by atoms with Gasteiger partial charge >= 0.3 is 10.0 Å². The third-order valence-corrected chi connectivity index (χ3v) is 8.83. The summed E-state index contributed by atoms with van der Waals surface area (Å²) in [6.45, 7) is 0.607. The molecule has 0 amide bonds. The van der Waals surface area contributed by atoms with Crippen LogP contribution in [0.3, 0.4) is 0 Å². The minimum absolute atomic E-state index is 0.0456. The minimum atomic E-state index is -3.45. The summed E-state index contributed by atoms with van der Waals surface area (Å²) in [5, 5.41) is 0. The summed E-state index contributed by atoms with van der Waals surface area (Å²) >= 11 is 0. The molecule has 0 saturated heterocycles. The molecule has 0 radical (unpaired) electrons. The second-order valence-corrected chi connectivity index (χ2v) is 11.0. The first-order chi connectivity index (χ1) is 14.5.